The molecule has 0 aromatic rings. The molecule has 0 saturated heterocycles. The molecule has 2 heteroatoms. The summed E-state index contributed by atoms with van der Waals surface area (Å²) in [5.74, 6) is 0.677. The smallest absolute Gasteiger partial charge is 0.105 e. The van der Waals surface area contributed by atoms with Crippen LogP contribution in [0, 0.1) is 11.3 Å². The molecule has 0 aliphatic heterocycles. The fourth-order valence-corrected chi connectivity index (χ4v) is 2.51. The van der Waals surface area contributed by atoms with Crippen molar-refractivity contribution in [2.24, 2.45) is 11.3 Å². The summed E-state index contributed by atoms with van der Waals surface area (Å²) in [6.07, 6.45) is 5.10. The minimum absolute atomic E-state index is 0.168. The van der Waals surface area contributed by atoms with Crippen molar-refractivity contribution in [3.8, 4) is 0 Å². The largest absolute Gasteiger partial charge is 0.113 e. The van der Waals surface area contributed by atoms with Gasteiger partial charge >= 0.3 is 0 Å². The summed E-state index contributed by atoms with van der Waals surface area (Å²) in [5.41, 5.74) is 0.168. The number of alkyl halides is 2. The molecule has 1 rings (SSSR count). The zero-order valence-corrected chi connectivity index (χ0v) is 8.75. The third-order valence-electron chi connectivity index (χ3n) is 3.23. The van der Waals surface area contributed by atoms with Gasteiger partial charge in [0.25, 0.3) is 0 Å². The first-order chi connectivity index (χ1) is 5.07. The van der Waals surface area contributed by atoms with E-state index in [9.17, 15) is 0 Å². The first-order valence-electron chi connectivity index (χ1n) is 4.35. The van der Waals surface area contributed by atoms with Crippen LogP contribution < -0.4 is 0 Å². The molecule has 2 atom stereocenters. The van der Waals surface area contributed by atoms with Gasteiger partial charge in [-0.3, -0.25) is 0 Å². The van der Waals surface area contributed by atoms with E-state index in [-0.39, 0.29) is 10.3 Å². The molecule has 0 radical (unpaired) electrons. The number of halogens is 2. The molecule has 2 unspecified atom stereocenters. The second kappa shape index (κ2) is 3.53. The molecule has 0 nitrogen and oxygen atoms in total. The Hall–Kier alpha value is 0.580. The second-order valence-electron chi connectivity index (χ2n) is 3.95. The summed E-state index contributed by atoms with van der Waals surface area (Å²) in [6, 6.07) is 0. The number of rotatable bonds is 1. The van der Waals surface area contributed by atoms with Gasteiger partial charge in [0.15, 0.2) is 0 Å². The molecule has 0 heterocycles. The molecule has 11 heavy (non-hydrogen) atoms. The van der Waals surface area contributed by atoms with E-state index >= 15 is 0 Å². The molecule has 1 fully saturated rings. The van der Waals surface area contributed by atoms with Crippen molar-refractivity contribution in [2.45, 2.75) is 44.4 Å². The lowest BCUT2D eigenvalue weighted by molar-refractivity contribution is 0.147. The Labute approximate surface area is 79.3 Å². The van der Waals surface area contributed by atoms with Gasteiger partial charge in [0, 0.05) is 5.41 Å². The van der Waals surface area contributed by atoms with Crippen molar-refractivity contribution in [3.05, 3.63) is 0 Å². The molecule has 1 saturated carbocycles. The predicted molar refractivity (Wildman–Crippen MR) is 51.2 cm³/mol. The topological polar surface area (TPSA) is 0 Å². The van der Waals surface area contributed by atoms with E-state index in [1.54, 1.807) is 0 Å². The van der Waals surface area contributed by atoms with Crippen LogP contribution in [0.4, 0.5) is 0 Å². The zero-order chi connectivity index (χ0) is 8.48. The maximum Gasteiger partial charge on any atom is 0.113 e. The van der Waals surface area contributed by atoms with Crippen LogP contribution in [-0.2, 0) is 0 Å². The summed E-state index contributed by atoms with van der Waals surface area (Å²) in [7, 11) is 0. The van der Waals surface area contributed by atoms with E-state index in [0.29, 0.717) is 5.92 Å². The van der Waals surface area contributed by atoms with Crippen LogP contribution in [0.5, 0.6) is 0 Å². The van der Waals surface area contributed by atoms with E-state index in [4.69, 9.17) is 23.2 Å². The molecule has 0 spiro atoms. The minimum atomic E-state index is -0.196. The second-order valence-corrected chi connectivity index (χ2v) is 5.05. The van der Waals surface area contributed by atoms with Crippen LogP contribution >= 0.6 is 23.2 Å². The van der Waals surface area contributed by atoms with Gasteiger partial charge in [0.2, 0.25) is 0 Å². The highest BCUT2D eigenvalue weighted by molar-refractivity contribution is 6.44. The predicted octanol–water partition coefficient (Wildman–Crippen LogP) is 4.01. The maximum absolute atomic E-state index is 5.96. The highest BCUT2D eigenvalue weighted by Crippen LogP contribution is 2.46. The van der Waals surface area contributed by atoms with Gasteiger partial charge in [0.05, 0.1) is 0 Å². The fraction of sp³-hybridized carbons (Fsp3) is 1.00. The lowest BCUT2D eigenvalue weighted by Crippen LogP contribution is -2.34. The van der Waals surface area contributed by atoms with Crippen LogP contribution in [0.2, 0.25) is 0 Å². The summed E-state index contributed by atoms with van der Waals surface area (Å²) in [6.45, 7) is 4.47. The summed E-state index contributed by atoms with van der Waals surface area (Å²) < 4.78 is 0. The van der Waals surface area contributed by atoms with Crippen LogP contribution in [0.1, 0.15) is 39.5 Å². The molecule has 0 bridgehead atoms. The van der Waals surface area contributed by atoms with Crippen molar-refractivity contribution in [1.82, 2.24) is 0 Å². The van der Waals surface area contributed by atoms with E-state index in [1.807, 2.05) is 0 Å². The Bertz CT molecular complexity index is 134. The van der Waals surface area contributed by atoms with Gasteiger partial charge in [-0.05, 0) is 12.3 Å². The van der Waals surface area contributed by atoms with Gasteiger partial charge in [-0.25, -0.2) is 0 Å². The van der Waals surface area contributed by atoms with E-state index < -0.39 is 0 Å². The molecule has 0 aromatic heterocycles. The Kier molecular flexibility index (Phi) is 3.10. The highest BCUT2D eigenvalue weighted by atomic mass is 35.5. The standard InChI is InChI=1S/C9H16Cl2/c1-7-5-3-4-6-9(7,2)8(10)11/h7-8H,3-6H2,1-2H3. The Morgan fingerprint density at radius 1 is 1.36 bits per heavy atom. The number of hydrogen-bond donors (Lipinski definition) is 0. The third-order valence-corrected chi connectivity index (χ3v) is 4.22. The maximum atomic E-state index is 5.96. The van der Waals surface area contributed by atoms with Gasteiger partial charge < -0.3 is 0 Å². The molecule has 0 N–H and O–H groups in total. The van der Waals surface area contributed by atoms with Crippen LogP contribution in [0.3, 0.4) is 0 Å². The van der Waals surface area contributed by atoms with Crippen LogP contribution in [0.15, 0.2) is 0 Å². The van der Waals surface area contributed by atoms with Crippen molar-refractivity contribution >= 4 is 23.2 Å². The first-order valence-corrected chi connectivity index (χ1v) is 5.23. The van der Waals surface area contributed by atoms with Gasteiger partial charge in [0.1, 0.15) is 4.84 Å². The van der Waals surface area contributed by atoms with Gasteiger partial charge in [-0.2, -0.15) is 0 Å². The van der Waals surface area contributed by atoms with E-state index in [1.165, 1.54) is 25.7 Å². The normalized spacial score (nSPS) is 39.5. The van der Waals surface area contributed by atoms with Crippen molar-refractivity contribution < 1.29 is 0 Å². The van der Waals surface area contributed by atoms with Gasteiger partial charge in [-0.1, -0.05) is 33.1 Å². The van der Waals surface area contributed by atoms with Crippen LogP contribution in [0.25, 0.3) is 0 Å². The third kappa shape index (κ3) is 1.84. The van der Waals surface area contributed by atoms with E-state index in [0.717, 1.165) is 0 Å². The number of hydrogen-bond acceptors (Lipinski definition) is 0. The Morgan fingerprint density at radius 3 is 2.36 bits per heavy atom. The van der Waals surface area contributed by atoms with Crippen LogP contribution in [-0.4, -0.2) is 4.84 Å². The highest BCUT2D eigenvalue weighted by Gasteiger charge is 2.38. The summed E-state index contributed by atoms with van der Waals surface area (Å²) in [4.78, 5) is -0.196. The van der Waals surface area contributed by atoms with E-state index in [2.05, 4.69) is 13.8 Å². The Morgan fingerprint density at radius 2 is 2.00 bits per heavy atom. The zero-order valence-electron chi connectivity index (χ0n) is 7.24. The molecular weight excluding hydrogens is 179 g/mol. The monoisotopic (exact) mass is 194 g/mol. The molecule has 1 aliphatic carbocycles. The molecular formula is C9H16Cl2. The lowest BCUT2D eigenvalue weighted by atomic mass is 9.69. The summed E-state index contributed by atoms with van der Waals surface area (Å²) in [5, 5.41) is 0. The van der Waals surface area contributed by atoms with Gasteiger partial charge in [-0.15, -0.1) is 23.2 Å². The average Bonchev–Trinajstić information content (AvgIpc) is 1.95. The summed E-state index contributed by atoms with van der Waals surface area (Å²) >= 11 is 11.9. The fourth-order valence-electron chi connectivity index (χ4n) is 1.86. The quantitative estimate of drug-likeness (QED) is 0.554. The van der Waals surface area contributed by atoms with Crippen molar-refractivity contribution in [1.29, 1.82) is 0 Å². The molecule has 0 amide bonds. The minimum Gasteiger partial charge on any atom is -0.105 e. The van der Waals surface area contributed by atoms with Crippen molar-refractivity contribution in [3.63, 3.8) is 0 Å². The molecule has 1 aliphatic rings. The van der Waals surface area contributed by atoms with Crippen molar-refractivity contribution in [2.75, 3.05) is 0 Å². The Balaban J connectivity index is 2.64. The molecule has 0 aromatic carbocycles. The molecule has 66 valence electrons. The lowest BCUT2D eigenvalue weighted by Gasteiger charge is -2.40. The first kappa shape index (κ1) is 9.67. The SMILES string of the molecule is CC1CCCCC1(C)C(Cl)Cl. The average molecular weight is 195 g/mol.